The first-order valence-corrected chi connectivity index (χ1v) is 6.47. The lowest BCUT2D eigenvalue weighted by molar-refractivity contribution is 0.0736. The molecule has 1 saturated heterocycles. The molecule has 2 rings (SSSR count). The Morgan fingerprint density at radius 1 is 1.50 bits per heavy atom. The van der Waals surface area contributed by atoms with E-state index < -0.39 is 0 Å². The zero-order valence-electron chi connectivity index (χ0n) is 7.62. The molecule has 0 spiro atoms. The Morgan fingerprint density at radius 2 is 2.21 bits per heavy atom. The molecule has 3 nitrogen and oxygen atoms in total. The van der Waals surface area contributed by atoms with Gasteiger partial charge in [-0.3, -0.25) is 4.79 Å². The number of carbonyl (C=O) groups is 1. The summed E-state index contributed by atoms with van der Waals surface area (Å²) >= 11 is 3.86. The van der Waals surface area contributed by atoms with E-state index >= 15 is 0 Å². The Kier molecular flexibility index (Phi) is 3.40. The summed E-state index contributed by atoms with van der Waals surface area (Å²) < 4.78 is 1.17. The number of thiophene rings is 1. The van der Waals surface area contributed by atoms with Crippen LogP contribution in [0.25, 0.3) is 0 Å². The van der Waals surface area contributed by atoms with Crippen molar-refractivity contribution in [2.24, 2.45) is 0 Å². The second kappa shape index (κ2) is 4.59. The van der Waals surface area contributed by atoms with E-state index in [1.165, 1.54) is 2.88 Å². The first kappa shape index (κ1) is 10.4. The average Bonchev–Trinajstić information content (AvgIpc) is 2.65. The van der Waals surface area contributed by atoms with Crippen molar-refractivity contribution in [3.05, 3.63) is 19.9 Å². The molecule has 1 N–H and O–H groups in total. The van der Waals surface area contributed by atoms with Crippen LogP contribution in [0.3, 0.4) is 0 Å². The van der Waals surface area contributed by atoms with Crippen molar-refractivity contribution >= 4 is 39.8 Å². The molecule has 0 saturated carbocycles. The maximum atomic E-state index is 11.9. The third-order valence-electron chi connectivity index (χ3n) is 2.22. The smallest absolute Gasteiger partial charge is 0.254 e. The topological polar surface area (TPSA) is 32.3 Å². The predicted molar refractivity (Wildman–Crippen MR) is 65.8 cm³/mol. The third kappa shape index (κ3) is 2.26. The highest BCUT2D eigenvalue weighted by Crippen LogP contribution is 2.18. The zero-order valence-corrected chi connectivity index (χ0v) is 10.6. The minimum Gasteiger partial charge on any atom is -0.336 e. The van der Waals surface area contributed by atoms with E-state index in [0.717, 1.165) is 31.7 Å². The number of nitrogens with zero attached hydrogens (tertiary/aromatic N) is 1. The lowest BCUT2D eigenvalue weighted by Crippen LogP contribution is -2.46. The largest absolute Gasteiger partial charge is 0.336 e. The number of piperazine rings is 1. The summed E-state index contributed by atoms with van der Waals surface area (Å²) in [6, 6.07) is 1.95. The van der Waals surface area contributed by atoms with Crippen LogP contribution < -0.4 is 5.32 Å². The fourth-order valence-corrected chi connectivity index (χ4v) is 2.79. The molecule has 0 bridgehead atoms. The highest BCUT2D eigenvalue weighted by Gasteiger charge is 2.18. The average molecular weight is 322 g/mol. The molecule has 0 aromatic carbocycles. The van der Waals surface area contributed by atoms with Gasteiger partial charge in [-0.2, -0.15) is 0 Å². The molecule has 2 heterocycles. The van der Waals surface area contributed by atoms with E-state index in [2.05, 4.69) is 27.9 Å². The van der Waals surface area contributed by atoms with Crippen LogP contribution in [0.1, 0.15) is 10.4 Å². The van der Waals surface area contributed by atoms with Crippen molar-refractivity contribution in [1.82, 2.24) is 10.2 Å². The van der Waals surface area contributed by atoms with Gasteiger partial charge in [-0.25, -0.2) is 0 Å². The summed E-state index contributed by atoms with van der Waals surface area (Å²) in [7, 11) is 0. The summed E-state index contributed by atoms with van der Waals surface area (Å²) in [6.07, 6.45) is 0. The van der Waals surface area contributed by atoms with Crippen LogP contribution in [0.2, 0.25) is 0 Å². The van der Waals surface area contributed by atoms with Crippen molar-refractivity contribution in [3.63, 3.8) is 0 Å². The second-order valence-corrected chi connectivity index (χ2v) is 5.99. The minimum absolute atomic E-state index is 0.172. The van der Waals surface area contributed by atoms with Crippen LogP contribution >= 0.6 is 33.9 Å². The van der Waals surface area contributed by atoms with E-state index in [4.69, 9.17) is 0 Å². The van der Waals surface area contributed by atoms with Gasteiger partial charge in [0.2, 0.25) is 0 Å². The zero-order chi connectivity index (χ0) is 9.97. The number of halogens is 1. The van der Waals surface area contributed by atoms with Crippen LogP contribution in [0.4, 0.5) is 0 Å². The summed E-state index contributed by atoms with van der Waals surface area (Å²) in [5.41, 5.74) is 0.835. The Hall–Kier alpha value is -0.140. The number of carbonyl (C=O) groups excluding carboxylic acids is 1. The lowest BCUT2D eigenvalue weighted by Gasteiger charge is -2.27. The van der Waals surface area contributed by atoms with Crippen molar-refractivity contribution in [3.8, 4) is 0 Å². The molecule has 0 radical (unpaired) electrons. The molecule has 0 unspecified atom stereocenters. The van der Waals surface area contributed by atoms with Gasteiger partial charge in [-0.1, -0.05) is 0 Å². The van der Waals surface area contributed by atoms with Gasteiger partial charge in [0.15, 0.2) is 0 Å². The number of nitrogens with one attached hydrogen (secondary N) is 1. The van der Waals surface area contributed by atoms with Crippen LogP contribution in [0, 0.1) is 2.88 Å². The summed E-state index contributed by atoms with van der Waals surface area (Å²) in [5.74, 6) is 0.172. The summed E-state index contributed by atoms with van der Waals surface area (Å²) in [5, 5.41) is 5.17. The van der Waals surface area contributed by atoms with E-state index in [0.29, 0.717) is 0 Å². The van der Waals surface area contributed by atoms with Gasteiger partial charge in [0.1, 0.15) is 0 Å². The van der Waals surface area contributed by atoms with Crippen molar-refractivity contribution in [1.29, 1.82) is 0 Å². The first-order valence-electron chi connectivity index (χ1n) is 4.51. The van der Waals surface area contributed by atoms with Crippen molar-refractivity contribution in [2.45, 2.75) is 0 Å². The summed E-state index contributed by atoms with van der Waals surface area (Å²) in [4.78, 5) is 13.8. The van der Waals surface area contributed by atoms with Crippen LogP contribution in [0.5, 0.6) is 0 Å². The number of amides is 1. The van der Waals surface area contributed by atoms with Gasteiger partial charge in [-0.05, 0) is 28.7 Å². The van der Waals surface area contributed by atoms with E-state index in [-0.39, 0.29) is 5.91 Å². The Balaban J connectivity index is 2.07. The van der Waals surface area contributed by atoms with Crippen LogP contribution in [0.15, 0.2) is 11.4 Å². The van der Waals surface area contributed by atoms with Gasteiger partial charge in [0, 0.05) is 31.6 Å². The normalized spacial score (nSPS) is 17.1. The highest BCUT2D eigenvalue weighted by molar-refractivity contribution is 14.1. The SMILES string of the molecule is O=C(c1csc(I)c1)N1CCNCC1. The van der Waals surface area contributed by atoms with Crippen LogP contribution in [-0.4, -0.2) is 37.0 Å². The molecule has 1 fully saturated rings. The van der Waals surface area contributed by atoms with Crippen molar-refractivity contribution < 1.29 is 4.79 Å². The van der Waals surface area contributed by atoms with E-state index in [9.17, 15) is 4.79 Å². The molecule has 76 valence electrons. The number of hydrogen-bond donors (Lipinski definition) is 1. The van der Waals surface area contributed by atoms with E-state index in [1.807, 2.05) is 16.3 Å². The monoisotopic (exact) mass is 322 g/mol. The number of rotatable bonds is 1. The minimum atomic E-state index is 0.172. The van der Waals surface area contributed by atoms with Gasteiger partial charge in [-0.15, -0.1) is 11.3 Å². The molecule has 14 heavy (non-hydrogen) atoms. The predicted octanol–water partition coefficient (Wildman–Crippen LogP) is 1.40. The second-order valence-electron chi connectivity index (χ2n) is 3.18. The van der Waals surface area contributed by atoms with Crippen molar-refractivity contribution in [2.75, 3.05) is 26.2 Å². The highest BCUT2D eigenvalue weighted by atomic mass is 127. The van der Waals surface area contributed by atoms with Gasteiger partial charge in [0.25, 0.3) is 5.91 Å². The molecule has 1 aliphatic heterocycles. The molecule has 5 heteroatoms. The molecule has 0 aliphatic carbocycles. The third-order valence-corrected chi connectivity index (χ3v) is 4.01. The fourth-order valence-electron chi connectivity index (χ4n) is 1.47. The number of hydrogen-bond acceptors (Lipinski definition) is 3. The maximum absolute atomic E-state index is 11.9. The molecule has 1 aromatic heterocycles. The molecule has 0 atom stereocenters. The first-order chi connectivity index (χ1) is 6.77. The van der Waals surface area contributed by atoms with Gasteiger partial charge < -0.3 is 10.2 Å². The molecular formula is C9H11IN2OS. The Labute approximate surface area is 101 Å². The lowest BCUT2D eigenvalue weighted by atomic mass is 10.2. The van der Waals surface area contributed by atoms with E-state index in [1.54, 1.807) is 11.3 Å². The Bertz CT molecular complexity index is 333. The van der Waals surface area contributed by atoms with Gasteiger partial charge in [0.05, 0.1) is 8.45 Å². The van der Waals surface area contributed by atoms with Gasteiger partial charge >= 0.3 is 0 Å². The molecular weight excluding hydrogens is 311 g/mol. The quantitative estimate of drug-likeness (QED) is 0.793. The standard InChI is InChI=1S/C9H11IN2OS/c10-8-5-7(6-14-8)9(13)12-3-1-11-2-4-12/h5-6,11H,1-4H2. The fraction of sp³-hybridized carbons (Fsp3) is 0.444. The van der Waals surface area contributed by atoms with Crippen LogP contribution in [-0.2, 0) is 0 Å². The molecule has 1 aromatic rings. The molecule has 1 aliphatic rings. The summed E-state index contributed by atoms with van der Waals surface area (Å²) in [6.45, 7) is 3.47. The Morgan fingerprint density at radius 3 is 2.79 bits per heavy atom. The molecule has 1 amide bonds. The maximum Gasteiger partial charge on any atom is 0.254 e.